The number of aromatic nitrogens is 1. The van der Waals surface area contributed by atoms with Gasteiger partial charge in [0.25, 0.3) is 10.0 Å². The van der Waals surface area contributed by atoms with Gasteiger partial charge in [0.15, 0.2) is 0 Å². The molecule has 1 unspecified atom stereocenters. The highest BCUT2D eigenvalue weighted by atomic mass is 32.2. The Morgan fingerprint density at radius 2 is 1.97 bits per heavy atom. The van der Waals surface area contributed by atoms with Crippen molar-refractivity contribution in [2.45, 2.75) is 45.1 Å². The van der Waals surface area contributed by atoms with Crippen molar-refractivity contribution >= 4 is 27.3 Å². The van der Waals surface area contributed by atoms with E-state index in [1.54, 1.807) is 35.4 Å². The summed E-state index contributed by atoms with van der Waals surface area (Å²) in [4.78, 5) is 18.1. The molecular formula is C22H23N3O4S. The second-order valence-electron chi connectivity index (χ2n) is 7.66. The van der Waals surface area contributed by atoms with E-state index in [2.05, 4.69) is 9.71 Å². The molecule has 0 saturated carbocycles. The molecule has 30 heavy (non-hydrogen) atoms. The molecule has 1 aliphatic rings. The molecule has 1 amide bonds. The topological polar surface area (TPSA) is 92.5 Å². The molecular weight excluding hydrogens is 402 g/mol. The van der Waals surface area contributed by atoms with Crippen LogP contribution in [0.5, 0.6) is 0 Å². The van der Waals surface area contributed by atoms with Crippen LogP contribution in [0.4, 0.5) is 11.4 Å². The summed E-state index contributed by atoms with van der Waals surface area (Å²) in [6.07, 6.45) is 2.18. The van der Waals surface area contributed by atoms with Gasteiger partial charge in [-0.15, -0.1) is 0 Å². The van der Waals surface area contributed by atoms with Crippen LogP contribution in [0.2, 0.25) is 0 Å². The summed E-state index contributed by atoms with van der Waals surface area (Å²) >= 11 is 0. The maximum Gasteiger partial charge on any atom is 0.261 e. The molecule has 3 aromatic rings. The predicted octanol–water partition coefficient (Wildman–Crippen LogP) is 4.06. The first-order valence-electron chi connectivity index (χ1n) is 9.64. The molecule has 0 radical (unpaired) electrons. The molecule has 2 aromatic carbocycles. The predicted molar refractivity (Wildman–Crippen MR) is 115 cm³/mol. The van der Waals surface area contributed by atoms with Gasteiger partial charge >= 0.3 is 0 Å². The first kappa shape index (κ1) is 20.2. The Morgan fingerprint density at radius 1 is 1.20 bits per heavy atom. The maximum atomic E-state index is 13.0. The summed E-state index contributed by atoms with van der Waals surface area (Å²) < 4.78 is 34.1. The Hall–Kier alpha value is -3.13. The molecule has 1 aromatic heterocycles. The largest absolute Gasteiger partial charge is 0.444 e. The number of rotatable bonds is 4. The van der Waals surface area contributed by atoms with Crippen molar-refractivity contribution in [3.8, 4) is 11.5 Å². The van der Waals surface area contributed by atoms with Crippen molar-refractivity contribution in [3.05, 3.63) is 59.5 Å². The lowest BCUT2D eigenvalue weighted by Gasteiger charge is -2.20. The van der Waals surface area contributed by atoms with Crippen LogP contribution in [-0.4, -0.2) is 25.4 Å². The standard InChI is InChI=1S/C22H23N3O4S/c1-13-5-6-18(11-20(13)22-23-14(2)12-29-22)24-30(27,28)19-7-8-21-17(10-19)9-15(3)25(21)16(4)26/h5-8,10-12,15,24H,9H2,1-4H3. The van der Waals surface area contributed by atoms with E-state index in [1.165, 1.54) is 13.0 Å². The zero-order valence-corrected chi connectivity index (χ0v) is 18.1. The smallest absolute Gasteiger partial charge is 0.261 e. The van der Waals surface area contributed by atoms with Gasteiger partial charge in [-0.2, -0.15) is 0 Å². The van der Waals surface area contributed by atoms with E-state index in [9.17, 15) is 13.2 Å². The van der Waals surface area contributed by atoms with Crippen LogP contribution >= 0.6 is 0 Å². The number of carbonyl (C=O) groups is 1. The number of carbonyl (C=O) groups excluding carboxylic acids is 1. The lowest BCUT2D eigenvalue weighted by atomic mass is 10.1. The highest BCUT2D eigenvalue weighted by Crippen LogP contribution is 2.34. The van der Waals surface area contributed by atoms with Crippen LogP contribution in [0.3, 0.4) is 0 Å². The zero-order valence-electron chi connectivity index (χ0n) is 17.3. The van der Waals surface area contributed by atoms with Gasteiger partial charge in [-0.25, -0.2) is 13.4 Å². The van der Waals surface area contributed by atoms with Gasteiger partial charge in [-0.05, 0) is 68.7 Å². The zero-order chi connectivity index (χ0) is 21.6. The van der Waals surface area contributed by atoms with Gasteiger partial charge in [-0.3, -0.25) is 9.52 Å². The average molecular weight is 426 g/mol. The molecule has 0 fully saturated rings. The SMILES string of the molecule is CC(=O)N1c2ccc(S(=O)(=O)Nc3ccc(C)c(-c4nc(C)co4)c3)cc2CC1C. The highest BCUT2D eigenvalue weighted by Gasteiger charge is 2.30. The van der Waals surface area contributed by atoms with Gasteiger partial charge in [0.05, 0.1) is 10.6 Å². The van der Waals surface area contributed by atoms with E-state index in [1.807, 2.05) is 26.8 Å². The highest BCUT2D eigenvalue weighted by molar-refractivity contribution is 7.92. The fraction of sp³-hybridized carbons (Fsp3) is 0.273. The Morgan fingerprint density at radius 3 is 2.63 bits per heavy atom. The number of benzene rings is 2. The molecule has 4 rings (SSSR count). The molecule has 2 heterocycles. The molecule has 0 aliphatic carbocycles. The summed E-state index contributed by atoms with van der Waals surface area (Å²) in [5.41, 5.74) is 4.44. The Balaban J connectivity index is 1.65. The van der Waals surface area contributed by atoms with E-state index < -0.39 is 10.0 Å². The number of nitrogens with zero attached hydrogens (tertiary/aromatic N) is 2. The molecule has 7 nitrogen and oxygen atoms in total. The number of amides is 1. The van der Waals surface area contributed by atoms with Gasteiger partial charge in [0.1, 0.15) is 6.26 Å². The molecule has 1 N–H and O–H groups in total. The number of anilines is 2. The molecule has 0 bridgehead atoms. The molecule has 1 aliphatic heterocycles. The molecule has 8 heteroatoms. The van der Waals surface area contributed by atoms with E-state index in [0.717, 1.165) is 28.1 Å². The van der Waals surface area contributed by atoms with Crippen molar-refractivity contribution in [1.29, 1.82) is 0 Å². The van der Waals surface area contributed by atoms with Crippen molar-refractivity contribution in [2.24, 2.45) is 0 Å². The van der Waals surface area contributed by atoms with Crippen LogP contribution in [0.25, 0.3) is 11.5 Å². The van der Waals surface area contributed by atoms with Crippen LogP contribution < -0.4 is 9.62 Å². The number of aryl methyl sites for hydroxylation is 2. The Kier molecular flexibility index (Phi) is 4.89. The quantitative estimate of drug-likeness (QED) is 0.681. The summed E-state index contributed by atoms with van der Waals surface area (Å²) in [6, 6.07) is 10.1. The number of hydrogen-bond acceptors (Lipinski definition) is 5. The summed E-state index contributed by atoms with van der Waals surface area (Å²) in [5.74, 6) is 0.394. The van der Waals surface area contributed by atoms with Crippen molar-refractivity contribution in [3.63, 3.8) is 0 Å². The summed E-state index contributed by atoms with van der Waals surface area (Å²) in [7, 11) is -3.80. The number of oxazole rings is 1. The third kappa shape index (κ3) is 3.59. The molecule has 0 saturated heterocycles. The lowest BCUT2D eigenvalue weighted by Crippen LogP contribution is -2.33. The van der Waals surface area contributed by atoms with Crippen LogP contribution in [-0.2, 0) is 21.2 Å². The third-order valence-electron chi connectivity index (χ3n) is 5.26. The average Bonchev–Trinajstić information content (AvgIpc) is 3.24. The fourth-order valence-corrected chi connectivity index (χ4v) is 4.96. The normalized spacial score (nSPS) is 15.9. The van der Waals surface area contributed by atoms with Crippen LogP contribution in [0, 0.1) is 13.8 Å². The second kappa shape index (κ2) is 7.28. The van der Waals surface area contributed by atoms with E-state index >= 15 is 0 Å². The minimum Gasteiger partial charge on any atom is -0.444 e. The fourth-order valence-electron chi connectivity index (χ4n) is 3.86. The third-order valence-corrected chi connectivity index (χ3v) is 6.63. The van der Waals surface area contributed by atoms with Gasteiger partial charge in [0, 0.05) is 29.9 Å². The first-order chi connectivity index (χ1) is 14.2. The number of fused-ring (bicyclic) bond motifs is 1. The molecule has 1 atom stereocenters. The van der Waals surface area contributed by atoms with Crippen molar-refractivity contribution < 1.29 is 17.6 Å². The number of nitrogens with one attached hydrogen (secondary N) is 1. The second-order valence-corrected chi connectivity index (χ2v) is 9.34. The van der Waals surface area contributed by atoms with Crippen LogP contribution in [0.15, 0.2) is 52.0 Å². The van der Waals surface area contributed by atoms with Gasteiger partial charge in [0.2, 0.25) is 11.8 Å². The minimum atomic E-state index is -3.80. The number of hydrogen-bond donors (Lipinski definition) is 1. The van der Waals surface area contributed by atoms with Gasteiger partial charge in [-0.1, -0.05) is 6.07 Å². The summed E-state index contributed by atoms with van der Waals surface area (Å²) in [6.45, 7) is 7.21. The van der Waals surface area contributed by atoms with Crippen LogP contribution in [0.1, 0.15) is 30.7 Å². The molecule has 156 valence electrons. The van der Waals surface area contributed by atoms with Gasteiger partial charge < -0.3 is 9.32 Å². The number of sulfonamides is 1. The van der Waals surface area contributed by atoms with E-state index in [0.29, 0.717) is 18.0 Å². The first-order valence-corrected chi connectivity index (χ1v) is 11.1. The van der Waals surface area contributed by atoms with Crippen molar-refractivity contribution in [2.75, 3.05) is 9.62 Å². The summed E-state index contributed by atoms with van der Waals surface area (Å²) in [5, 5.41) is 0. The van der Waals surface area contributed by atoms with Crippen molar-refractivity contribution in [1.82, 2.24) is 4.98 Å². The molecule has 0 spiro atoms. The maximum absolute atomic E-state index is 13.0. The minimum absolute atomic E-state index is 0.00678. The van der Waals surface area contributed by atoms with E-state index in [4.69, 9.17) is 4.42 Å². The Bertz CT molecular complexity index is 1250. The van der Waals surface area contributed by atoms with E-state index in [-0.39, 0.29) is 16.8 Å². The Labute approximate surface area is 175 Å². The lowest BCUT2D eigenvalue weighted by molar-refractivity contribution is -0.116. The monoisotopic (exact) mass is 425 g/mol.